The number of hydrogen-bond donors (Lipinski definition) is 0. The van der Waals surface area contributed by atoms with Gasteiger partial charge in [0.05, 0.1) is 5.56 Å². The summed E-state index contributed by atoms with van der Waals surface area (Å²) in [4.78, 5) is 21.6. The van der Waals surface area contributed by atoms with Crippen LogP contribution in [0.1, 0.15) is 27.6 Å². The summed E-state index contributed by atoms with van der Waals surface area (Å²) in [6.45, 7) is 1.31. The van der Waals surface area contributed by atoms with E-state index in [1.165, 1.54) is 19.1 Å². The summed E-state index contributed by atoms with van der Waals surface area (Å²) < 4.78 is 13.6. The Morgan fingerprint density at radius 1 is 1.54 bits per heavy atom. The van der Waals surface area contributed by atoms with E-state index in [-0.39, 0.29) is 16.9 Å². The third-order valence-corrected chi connectivity index (χ3v) is 2.51. The number of Topliss-reactive ketones (excluding diaryl/α,β-unsaturated/α-hetero) is 1. The highest BCUT2D eigenvalue weighted by atomic mass is 127. The van der Waals surface area contributed by atoms with Gasteiger partial charge in [0.15, 0.2) is 12.1 Å². The number of aldehydes is 1. The molecule has 0 spiro atoms. The van der Waals surface area contributed by atoms with Crippen molar-refractivity contribution in [1.82, 2.24) is 0 Å². The van der Waals surface area contributed by atoms with E-state index in [0.29, 0.717) is 9.86 Å². The van der Waals surface area contributed by atoms with Gasteiger partial charge in [0.1, 0.15) is 5.82 Å². The fourth-order valence-corrected chi connectivity index (χ4v) is 1.89. The second kappa shape index (κ2) is 3.95. The van der Waals surface area contributed by atoms with Crippen molar-refractivity contribution < 1.29 is 14.0 Å². The molecule has 0 unspecified atom stereocenters. The number of ketones is 1. The standard InChI is InChI=1S/C9H6FIO2/c1-5(13)9-6(4-12)7(10)2-3-8(9)11/h2-4H,1H3. The summed E-state index contributed by atoms with van der Waals surface area (Å²) >= 11 is 1.89. The van der Waals surface area contributed by atoms with Crippen molar-refractivity contribution in [2.24, 2.45) is 0 Å². The van der Waals surface area contributed by atoms with Crippen LogP contribution < -0.4 is 0 Å². The Morgan fingerprint density at radius 3 is 2.54 bits per heavy atom. The van der Waals surface area contributed by atoms with Crippen molar-refractivity contribution in [2.75, 3.05) is 0 Å². The van der Waals surface area contributed by atoms with Gasteiger partial charge in [-0.1, -0.05) is 0 Å². The fraction of sp³-hybridized carbons (Fsp3) is 0.111. The van der Waals surface area contributed by atoms with Crippen LogP contribution in [0.2, 0.25) is 0 Å². The lowest BCUT2D eigenvalue weighted by Crippen LogP contribution is -2.04. The fourth-order valence-electron chi connectivity index (χ4n) is 1.04. The zero-order chi connectivity index (χ0) is 10.0. The molecule has 0 saturated heterocycles. The van der Waals surface area contributed by atoms with Crippen LogP contribution in [0, 0.1) is 9.39 Å². The molecule has 0 aliphatic heterocycles. The van der Waals surface area contributed by atoms with Gasteiger partial charge in [-0.05, 0) is 41.6 Å². The first kappa shape index (κ1) is 10.3. The van der Waals surface area contributed by atoms with Crippen molar-refractivity contribution in [2.45, 2.75) is 6.92 Å². The van der Waals surface area contributed by atoms with Crippen LogP contribution in [0.3, 0.4) is 0 Å². The summed E-state index contributed by atoms with van der Waals surface area (Å²) in [7, 11) is 0. The minimum absolute atomic E-state index is 0.153. The SMILES string of the molecule is CC(=O)c1c(I)ccc(F)c1C=O. The molecule has 2 nitrogen and oxygen atoms in total. The van der Waals surface area contributed by atoms with Crippen LogP contribution in [0.5, 0.6) is 0 Å². The van der Waals surface area contributed by atoms with Gasteiger partial charge >= 0.3 is 0 Å². The summed E-state index contributed by atoms with van der Waals surface area (Å²) in [5.74, 6) is -0.952. The second-order valence-corrected chi connectivity index (χ2v) is 3.65. The van der Waals surface area contributed by atoms with Gasteiger partial charge in [0, 0.05) is 9.13 Å². The summed E-state index contributed by atoms with van der Waals surface area (Å²) in [6.07, 6.45) is 0.369. The number of hydrogen-bond acceptors (Lipinski definition) is 2. The molecule has 4 heteroatoms. The van der Waals surface area contributed by atoms with Gasteiger partial charge in [0.2, 0.25) is 0 Å². The van der Waals surface area contributed by atoms with Crippen LogP contribution >= 0.6 is 22.6 Å². The molecule has 0 atom stereocenters. The molecular formula is C9H6FIO2. The third-order valence-electron chi connectivity index (χ3n) is 1.61. The Labute approximate surface area is 88.3 Å². The predicted molar refractivity (Wildman–Crippen MR) is 54.5 cm³/mol. The van der Waals surface area contributed by atoms with E-state index in [1.54, 1.807) is 0 Å². The van der Waals surface area contributed by atoms with Crippen molar-refractivity contribution in [3.8, 4) is 0 Å². The normalized spacial score (nSPS) is 9.77. The number of rotatable bonds is 2. The van der Waals surface area contributed by atoms with Crippen LogP contribution in [0.15, 0.2) is 12.1 Å². The molecule has 1 aromatic rings. The van der Waals surface area contributed by atoms with Gasteiger partial charge < -0.3 is 0 Å². The van der Waals surface area contributed by atoms with E-state index in [1.807, 2.05) is 22.6 Å². The average Bonchev–Trinajstić information content (AvgIpc) is 2.07. The molecule has 13 heavy (non-hydrogen) atoms. The Bertz CT molecular complexity index is 374. The highest BCUT2D eigenvalue weighted by molar-refractivity contribution is 14.1. The lowest BCUT2D eigenvalue weighted by Gasteiger charge is -2.03. The van der Waals surface area contributed by atoms with Crippen molar-refractivity contribution in [1.29, 1.82) is 0 Å². The molecule has 1 rings (SSSR count). The molecule has 1 aromatic carbocycles. The maximum Gasteiger partial charge on any atom is 0.161 e. The van der Waals surface area contributed by atoms with Gasteiger partial charge in [0.25, 0.3) is 0 Å². The lowest BCUT2D eigenvalue weighted by molar-refractivity contribution is 0.100. The van der Waals surface area contributed by atoms with E-state index in [9.17, 15) is 14.0 Å². The molecule has 0 aliphatic rings. The average molecular weight is 292 g/mol. The zero-order valence-electron chi connectivity index (χ0n) is 6.80. The van der Waals surface area contributed by atoms with Gasteiger partial charge in [-0.15, -0.1) is 0 Å². The Kier molecular flexibility index (Phi) is 3.13. The molecule has 0 radical (unpaired) electrons. The van der Waals surface area contributed by atoms with Crippen molar-refractivity contribution in [3.63, 3.8) is 0 Å². The maximum absolute atomic E-state index is 13.0. The third kappa shape index (κ3) is 1.93. The Balaban J connectivity index is 3.52. The molecule has 0 fully saturated rings. The van der Waals surface area contributed by atoms with E-state index in [4.69, 9.17) is 0 Å². The summed E-state index contributed by atoms with van der Waals surface area (Å²) in [6, 6.07) is 2.65. The first-order chi connectivity index (χ1) is 6.07. The molecule has 0 aliphatic carbocycles. The molecule has 0 amide bonds. The van der Waals surface area contributed by atoms with Crippen LogP contribution in [-0.4, -0.2) is 12.1 Å². The highest BCUT2D eigenvalue weighted by Crippen LogP contribution is 2.19. The predicted octanol–water partition coefficient (Wildman–Crippen LogP) is 2.45. The van der Waals surface area contributed by atoms with Crippen LogP contribution in [-0.2, 0) is 0 Å². The highest BCUT2D eigenvalue weighted by Gasteiger charge is 2.14. The van der Waals surface area contributed by atoms with Crippen LogP contribution in [0.25, 0.3) is 0 Å². The van der Waals surface area contributed by atoms with Gasteiger partial charge in [-0.3, -0.25) is 9.59 Å². The molecule has 0 N–H and O–H groups in total. The second-order valence-electron chi connectivity index (χ2n) is 2.49. The van der Waals surface area contributed by atoms with E-state index >= 15 is 0 Å². The van der Waals surface area contributed by atoms with Crippen LogP contribution in [0.4, 0.5) is 4.39 Å². The monoisotopic (exact) mass is 292 g/mol. The molecule has 0 saturated carbocycles. The minimum Gasteiger partial charge on any atom is -0.298 e. The van der Waals surface area contributed by atoms with Gasteiger partial charge in [-0.25, -0.2) is 4.39 Å². The van der Waals surface area contributed by atoms with E-state index in [2.05, 4.69) is 0 Å². The first-order valence-electron chi connectivity index (χ1n) is 3.52. The lowest BCUT2D eigenvalue weighted by atomic mass is 10.1. The quantitative estimate of drug-likeness (QED) is 0.476. The van der Waals surface area contributed by atoms with Crippen molar-refractivity contribution >= 4 is 34.7 Å². The molecule has 68 valence electrons. The van der Waals surface area contributed by atoms with Gasteiger partial charge in [-0.2, -0.15) is 0 Å². The smallest absolute Gasteiger partial charge is 0.161 e. The number of halogens is 2. The Morgan fingerprint density at radius 2 is 2.15 bits per heavy atom. The summed E-state index contributed by atoms with van der Waals surface area (Å²) in [5, 5.41) is 0. The summed E-state index contributed by atoms with van der Waals surface area (Å²) in [5.41, 5.74) is 0.00926. The Hall–Kier alpha value is -0.780. The number of carbonyl (C=O) groups excluding carboxylic acids is 2. The van der Waals surface area contributed by atoms with Crippen molar-refractivity contribution in [3.05, 3.63) is 32.6 Å². The van der Waals surface area contributed by atoms with E-state index in [0.717, 1.165) is 0 Å². The topological polar surface area (TPSA) is 34.1 Å². The number of carbonyl (C=O) groups is 2. The molecule has 0 heterocycles. The molecular weight excluding hydrogens is 286 g/mol. The van der Waals surface area contributed by atoms with E-state index < -0.39 is 5.82 Å². The molecule has 0 bridgehead atoms. The first-order valence-corrected chi connectivity index (χ1v) is 4.60. The zero-order valence-corrected chi connectivity index (χ0v) is 8.96. The molecule has 0 aromatic heterocycles. The maximum atomic E-state index is 13.0. The minimum atomic E-state index is -0.652. The largest absolute Gasteiger partial charge is 0.298 e. The number of benzene rings is 1.